The zero-order valence-corrected chi connectivity index (χ0v) is 21.0. The first-order valence-corrected chi connectivity index (χ1v) is 10.8. The standard InChI is InChI=1S/C24H29FN6O.HI/c1-26-24(27-15-19-16-29-31(18-19)22-5-3-2-4-6-22)28-17-23(30-11-13-32-14-12-30)20-7-9-21(25)10-8-20;/h2-10,16,18,23H,11-15,17H2,1H3,(H2,26,27,28);1H. The number of aromatic nitrogens is 2. The molecule has 0 saturated carbocycles. The van der Waals surface area contributed by atoms with Crippen molar-refractivity contribution in [2.45, 2.75) is 12.6 Å². The summed E-state index contributed by atoms with van der Waals surface area (Å²) in [6, 6.07) is 16.8. The lowest BCUT2D eigenvalue weighted by atomic mass is 10.0. The molecule has 0 aliphatic carbocycles. The number of ether oxygens (including phenoxy) is 1. The Morgan fingerprint density at radius 2 is 1.82 bits per heavy atom. The molecule has 1 saturated heterocycles. The van der Waals surface area contributed by atoms with Crippen LogP contribution < -0.4 is 10.6 Å². The molecule has 1 fully saturated rings. The number of nitrogens with one attached hydrogen (secondary N) is 2. The van der Waals surface area contributed by atoms with Crippen molar-refractivity contribution in [2.24, 2.45) is 4.99 Å². The van der Waals surface area contributed by atoms with Crippen LogP contribution in [0.5, 0.6) is 0 Å². The maximum Gasteiger partial charge on any atom is 0.191 e. The van der Waals surface area contributed by atoms with Crippen molar-refractivity contribution in [3.8, 4) is 5.69 Å². The molecule has 1 aliphatic rings. The summed E-state index contributed by atoms with van der Waals surface area (Å²) in [5, 5.41) is 11.2. The third-order valence-corrected chi connectivity index (χ3v) is 5.54. The third-order valence-electron chi connectivity index (χ3n) is 5.54. The van der Waals surface area contributed by atoms with E-state index in [4.69, 9.17) is 4.74 Å². The number of hydrogen-bond donors (Lipinski definition) is 2. The van der Waals surface area contributed by atoms with Gasteiger partial charge in [0, 0.05) is 45.0 Å². The quantitative estimate of drug-likeness (QED) is 0.262. The van der Waals surface area contributed by atoms with E-state index in [-0.39, 0.29) is 35.8 Å². The Bertz CT molecular complexity index is 1010. The van der Waals surface area contributed by atoms with E-state index in [0.29, 0.717) is 32.3 Å². The van der Waals surface area contributed by atoms with Crippen LogP contribution in [0.4, 0.5) is 4.39 Å². The fourth-order valence-corrected chi connectivity index (χ4v) is 3.80. The molecule has 1 atom stereocenters. The van der Waals surface area contributed by atoms with Crippen LogP contribution >= 0.6 is 24.0 Å². The molecule has 1 unspecified atom stereocenters. The van der Waals surface area contributed by atoms with Crippen LogP contribution in [0, 0.1) is 5.82 Å². The smallest absolute Gasteiger partial charge is 0.191 e. The molecular formula is C24H30FIN6O. The van der Waals surface area contributed by atoms with Crippen LogP contribution in [0.25, 0.3) is 5.69 Å². The first-order valence-electron chi connectivity index (χ1n) is 10.8. The number of nitrogens with zero attached hydrogens (tertiary/aromatic N) is 4. The Kier molecular flexibility index (Phi) is 9.64. The maximum atomic E-state index is 13.4. The highest BCUT2D eigenvalue weighted by atomic mass is 127. The number of benzene rings is 2. The number of morpholine rings is 1. The second-order valence-electron chi connectivity index (χ2n) is 7.65. The second-order valence-corrected chi connectivity index (χ2v) is 7.65. The summed E-state index contributed by atoms with van der Waals surface area (Å²) in [6.07, 6.45) is 3.85. The summed E-state index contributed by atoms with van der Waals surface area (Å²) < 4.78 is 20.8. The van der Waals surface area contributed by atoms with Crippen molar-refractivity contribution in [1.82, 2.24) is 25.3 Å². The maximum absolute atomic E-state index is 13.4. The van der Waals surface area contributed by atoms with Crippen molar-refractivity contribution < 1.29 is 9.13 Å². The lowest BCUT2D eigenvalue weighted by Crippen LogP contribution is -2.46. The molecule has 1 aliphatic heterocycles. The van der Waals surface area contributed by atoms with Gasteiger partial charge in [-0.25, -0.2) is 9.07 Å². The van der Waals surface area contributed by atoms with Crippen LogP contribution in [-0.4, -0.2) is 60.5 Å². The molecule has 0 bridgehead atoms. The molecule has 2 aromatic carbocycles. The van der Waals surface area contributed by atoms with Crippen LogP contribution in [0.3, 0.4) is 0 Å². The van der Waals surface area contributed by atoms with E-state index in [1.807, 2.05) is 59.5 Å². The Hall–Kier alpha value is -2.50. The number of para-hydroxylation sites is 1. The Balaban J connectivity index is 0.00000306. The largest absolute Gasteiger partial charge is 0.379 e. The minimum absolute atomic E-state index is 0. The summed E-state index contributed by atoms with van der Waals surface area (Å²) in [5.41, 5.74) is 3.15. The number of rotatable bonds is 7. The van der Waals surface area contributed by atoms with E-state index in [0.717, 1.165) is 29.9 Å². The number of halogens is 2. The van der Waals surface area contributed by atoms with Gasteiger partial charge in [0.05, 0.1) is 31.1 Å². The molecule has 3 aromatic rings. The fraction of sp³-hybridized carbons (Fsp3) is 0.333. The highest BCUT2D eigenvalue weighted by Gasteiger charge is 2.23. The van der Waals surface area contributed by atoms with Crippen LogP contribution in [0.1, 0.15) is 17.2 Å². The number of hydrogen-bond acceptors (Lipinski definition) is 4. The molecule has 0 radical (unpaired) electrons. The minimum Gasteiger partial charge on any atom is -0.379 e. The van der Waals surface area contributed by atoms with Gasteiger partial charge in [-0.3, -0.25) is 9.89 Å². The van der Waals surface area contributed by atoms with Gasteiger partial charge in [-0.05, 0) is 29.8 Å². The van der Waals surface area contributed by atoms with Crippen LogP contribution in [0.2, 0.25) is 0 Å². The molecular weight excluding hydrogens is 534 g/mol. The van der Waals surface area contributed by atoms with E-state index < -0.39 is 0 Å². The van der Waals surface area contributed by atoms with Gasteiger partial charge < -0.3 is 15.4 Å². The normalized spacial score (nSPS) is 15.5. The first kappa shape index (κ1) is 25.1. The fourth-order valence-electron chi connectivity index (χ4n) is 3.80. The molecule has 4 rings (SSSR count). The Morgan fingerprint density at radius 1 is 1.09 bits per heavy atom. The van der Waals surface area contributed by atoms with E-state index in [2.05, 4.69) is 25.6 Å². The summed E-state index contributed by atoms with van der Waals surface area (Å²) in [6.45, 7) is 4.34. The molecule has 1 aromatic heterocycles. The van der Waals surface area contributed by atoms with E-state index in [9.17, 15) is 4.39 Å². The second kappa shape index (κ2) is 12.7. The van der Waals surface area contributed by atoms with Crippen LogP contribution in [-0.2, 0) is 11.3 Å². The topological polar surface area (TPSA) is 66.7 Å². The van der Waals surface area contributed by atoms with Gasteiger partial charge in [0.25, 0.3) is 0 Å². The predicted molar refractivity (Wildman–Crippen MR) is 139 cm³/mol. The highest BCUT2D eigenvalue weighted by molar-refractivity contribution is 14.0. The summed E-state index contributed by atoms with van der Waals surface area (Å²) in [5.74, 6) is 0.480. The molecule has 7 nitrogen and oxygen atoms in total. The van der Waals surface area contributed by atoms with Crippen molar-refractivity contribution in [3.63, 3.8) is 0 Å². The SMILES string of the molecule is CN=C(NCc1cnn(-c2ccccc2)c1)NCC(c1ccc(F)cc1)N1CCOCC1.I. The van der Waals surface area contributed by atoms with Gasteiger partial charge >= 0.3 is 0 Å². The average Bonchev–Trinajstić information content (AvgIpc) is 3.32. The van der Waals surface area contributed by atoms with Crippen molar-refractivity contribution in [2.75, 3.05) is 39.9 Å². The average molecular weight is 564 g/mol. The molecule has 33 heavy (non-hydrogen) atoms. The van der Waals surface area contributed by atoms with E-state index >= 15 is 0 Å². The van der Waals surface area contributed by atoms with Crippen LogP contribution in [0.15, 0.2) is 72.0 Å². The Morgan fingerprint density at radius 3 is 2.52 bits per heavy atom. The van der Waals surface area contributed by atoms with Gasteiger partial charge in [0.2, 0.25) is 0 Å². The molecule has 9 heteroatoms. The molecule has 0 spiro atoms. The summed E-state index contributed by atoms with van der Waals surface area (Å²) in [7, 11) is 1.75. The minimum atomic E-state index is -0.226. The van der Waals surface area contributed by atoms with Gasteiger partial charge in [-0.2, -0.15) is 5.10 Å². The number of guanidine groups is 1. The first-order chi connectivity index (χ1) is 15.7. The van der Waals surface area contributed by atoms with E-state index in [1.165, 1.54) is 12.1 Å². The third kappa shape index (κ3) is 6.99. The Labute approximate surface area is 211 Å². The monoisotopic (exact) mass is 564 g/mol. The van der Waals surface area contributed by atoms with Gasteiger partial charge in [0.1, 0.15) is 5.82 Å². The lowest BCUT2D eigenvalue weighted by molar-refractivity contribution is 0.0170. The number of aliphatic imine (C=N–C) groups is 1. The van der Waals surface area contributed by atoms with Gasteiger partial charge in [-0.15, -0.1) is 24.0 Å². The highest BCUT2D eigenvalue weighted by Crippen LogP contribution is 2.21. The molecule has 2 N–H and O–H groups in total. The van der Waals surface area contributed by atoms with Crippen molar-refractivity contribution in [1.29, 1.82) is 0 Å². The lowest BCUT2D eigenvalue weighted by Gasteiger charge is -2.35. The molecule has 0 amide bonds. The predicted octanol–water partition coefficient (Wildman–Crippen LogP) is 3.37. The molecule has 2 heterocycles. The van der Waals surface area contributed by atoms with E-state index in [1.54, 1.807) is 7.05 Å². The molecule has 176 valence electrons. The van der Waals surface area contributed by atoms with Gasteiger partial charge in [-0.1, -0.05) is 30.3 Å². The van der Waals surface area contributed by atoms with Crippen molar-refractivity contribution in [3.05, 3.63) is 83.9 Å². The van der Waals surface area contributed by atoms with Gasteiger partial charge in [0.15, 0.2) is 5.96 Å². The van der Waals surface area contributed by atoms with Crippen molar-refractivity contribution >= 4 is 29.9 Å². The zero-order chi connectivity index (χ0) is 22.2. The summed E-state index contributed by atoms with van der Waals surface area (Å²) in [4.78, 5) is 6.72. The summed E-state index contributed by atoms with van der Waals surface area (Å²) >= 11 is 0. The zero-order valence-electron chi connectivity index (χ0n) is 18.7.